The van der Waals surface area contributed by atoms with Crippen LogP contribution in [0.15, 0.2) is 48.7 Å². The molecule has 2 aromatic rings. The van der Waals surface area contributed by atoms with Crippen molar-refractivity contribution in [3.63, 3.8) is 0 Å². The van der Waals surface area contributed by atoms with E-state index in [0.717, 1.165) is 5.56 Å². The van der Waals surface area contributed by atoms with Crippen LogP contribution in [0, 0.1) is 11.8 Å². The van der Waals surface area contributed by atoms with Crippen LogP contribution >= 0.6 is 0 Å². The monoisotopic (exact) mass is 338 g/mol. The number of benzene rings is 1. The van der Waals surface area contributed by atoms with Gasteiger partial charge in [0.15, 0.2) is 0 Å². The molecule has 1 aromatic heterocycles. The maximum Gasteiger partial charge on any atom is 0.407 e. The van der Waals surface area contributed by atoms with Crippen LogP contribution < -0.4 is 5.32 Å². The Balaban J connectivity index is 1.72. The highest BCUT2D eigenvalue weighted by molar-refractivity contribution is 5.89. The smallest absolute Gasteiger partial charge is 0.407 e. The van der Waals surface area contributed by atoms with Gasteiger partial charge in [0.05, 0.1) is 12.7 Å². The van der Waals surface area contributed by atoms with Crippen LogP contribution in [0.5, 0.6) is 0 Å². The van der Waals surface area contributed by atoms with Crippen LogP contribution in [0.1, 0.15) is 28.0 Å². The Morgan fingerprint density at radius 3 is 2.76 bits per heavy atom. The lowest BCUT2D eigenvalue weighted by Crippen LogP contribution is -2.24. The molecule has 25 heavy (non-hydrogen) atoms. The standard InChI is InChI=1S/C19H18N2O4/c1-24-18(22)16-10-12-20-17(13-16)9-5-6-11-21-19(23)25-14-15-7-3-2-4-8-15/h2-4,7-8,10,12-13H,6,11,14H2,1H3,(H,21,23). The maximum absolute atomic E-state index is 11.6. The number of alkyl carbamates (subject to hydrolysis) is 1. The first-order valence-electron chi connectivity index (χ1n) is 7.67. The average Bonchev–Trinajstić information content (AvgIpc) is 2.66. The molecule has 0 saturated heterocycles. The minimum atomic E-state index is -0.489. The molecular formula is C19H18N2O4. The molecule has 0 fully saturated rings. The number of esters is 1. The summed E-state index contributed by atoms with van der Waals surface area (Å²) in [6.45, 7) is 0.583. The third kappa shape index (κ3) is 6.36. The Morgan fingerprint density at radius 2 is 2.00 bits per heavy atom. The second-order valence-electron chi connectivity index (χ2n) is 4.96. The highest BCUT2D eigenvalue weighted by Crippen LogP contribution is 2.02. The molecule has 1 aromatic carbocycles. The van der Waals surface area contributed by atoms with Crippen LogP contribution in [-0.4, -0.2) is 30.7 Å². The number of carbonyl (C=O) groups excluding carboxylic acids is 2. The zero-order valence-corrected chi connectivity index (χ0v) is 13.8. The Labute approximate surface area is 146 Å². The van der Waals surface area contributed by atoms with Crippen LogP contribution in [-0.2, 0) is 16.1 Å². The number of nitrogens with one attached hydrogen (secondary N) is 1. The summed E-state index contributed by atoms with van der Waals surface area (Å²) < 4.78 is 9.72. The average molecular weight is 338 g/mol. The third-order valence-corrected chi connectivity index (χ3v) is 3.13. The Bertz CT molecular complexity index is 779. The normalized spacial score (nSPS) is 9.48. The molecule has 0 atom stereocenters. The quantitative estimate of drug-likeness (QED) is 0.515. The lowest BCUT2D eigenvalue weighted by molar-refractivity contribution is 0.0600. The summed E-state index contributed by atoms with van der Waals surface area (Å²) >= 11 is 0. The number of hydrogen-bond acceptors (Lipinski definition) is 5. The lowest BCUT2D eigenvalue weighted by atomic mass is 10.2. The SMILES string of the molecule is COC(=O)c1ccnc(C#CCCNC(=O)OCc2ccccc2)c1. The van der Waals surface area contributed by atoms with Gasteiger partial charge in [0.25, 0.3) is 0 Å². The molecule has 6 nitrogen and oxygen atoms in total. The van der Waals surface area contributed by atoms with Gasteiger partial charge in [-0.15, -0.1) is 0 Å². The predicted octanol–water partition coefficient (Wildman–Crippen LogP) is 2.54. The maximum atomic E-state index is 11.6. The number of carbonyl (C=O) groups is 2. The van der Waals surface area contributed by atoms with Crippen molar-refractivity contribution in [2.45, 2.75) is 13.0 Å². The van der Waals surface area contributed by atoms with Gasteiger partial charge in [-0.2, -0.15) is 0 Å². The van der Waals surface area contributed by atoms with E-state index in [1.807, 2.05) is 30.3 Å². The van der Waals surface area contributed by atoms with Crippen molar-refractivity contribution >= 4 is 12.1 Å². The topological polar surface area (TPSA) is 77.5 Å². The summed E-state index contributed by atoms with van der Waals surface area (Å²) in [5, 5.41) is 2.62. The van der Waals surface area contributed by atoms with E-state index in [4.69, 9.17) is 4.74 Å². The van der Waals surface area contributed by atoms with Crippen molar-refractivity contribution in [3.05, 3.63) is 65.5 Å². The van der Waals surface area contributed by atoms with Gasteiger partial charge in [-0.3, -0.25) is 0 Å². The fourth-order valence-corrected chi connectivity index (χ4v) is 1.90. The van der Waals surface area contributed by atoms with Gasteiger partial charge in [0, 0.05) is 19.2 Å². The van der Waals surface area contributed by atoms with E-state index in [1.54, 1.807) is 12.1 Å². The van der Waals surface area contributed by atoms with Crippen molar-refractivity contribution < 1.29 is 19.1 Å². The van der Waals surface area contributed by atoms with E-state index in [9.17, 15) is 9.59 Å². The highest BCUT2D eigenvalue weighted by Gasteiger charge is 2.05. The van der Waals surface area contributed by atoms with E-state index < -0.39 is 12.1 Å². The first-order chi connectivity index (χ1) is 12.2. The molecule has 1 heterocycles. The molecule has 0 aliphatic heterocycles. The lowest BCUT2D eigenvalue weighted by Gasteiger charge is -2.05. The van der Waals surface area contributed by atoms with Gasteiger partial charge < -0.3 is 14.8 Å². The number of ether oxygens (including phenoxy) is 2. The Morgan fingerprint density at radius 1 is 1.20 bits per heavy atom. The molecular weight excluding hydrogens is 320 g/mol. The molecule has 1 amide bonds. The fraction of sp³-hybridized carbons (Fsp3) is 0.211. The van der Waals surface area contributed by atoms with E-state index in [1.165, 1.54) is 13.3 Å². The number of amides is 1. The van der Waals surface area contributed by atoms with Crippen LogP contribution in [0.2, 0.25) is 0 Å². The van der Waals surface area contributed by atoms with Gasteiger partial charge in [-0.1, -0.05) is 36.3 Å². The Kier molecular flexibility index (Phi) is 7.01. The molecule has 6 heteroatoms. The largest absolute Gasteiger partial charge is 0.465 e. The molecule has 0 aliphatic rings. The number of aromatic nitrogens is 1. The van der Waals surface area contributed by atoms with Gasteiger partial charge in [-0.05, 0) is 23.6 Å². The number of nitrogens with zero attached hydrogens (tertiary/aromatic N) is 1. The zero-order chi connectivity index (χ0) is 17.9. The zero-order valence-electron chi connectivity index (χ0n) is 13.8. The molecule has 0 aliphatic carbocycles. The minimum absolute atomic E-state index is 0.225. The first kappa shape index (κ1) is 18.0. The molecule has 2 rings (SSSR count). The fourth-order valence-electron chi connectivity index (χ4n) is 1.90. The van der Waals surface area contributed by atoms with Crippen molar-refractivity contribution in [1.29, 1.82) is 0 Å². The van der Waals surface area contributed by atoms with Crippen molar-refractivity contribution in [2.75, 3.05) is 13.7 Å². The summed E-state index contributed by atoms with van der Waals surface area (Å²) in [7, 11) is 1.32. The van der Waals surface area contributed by atoms with Gasteiger partial charge >= 0.3 is 12.1 Å². The number of rotatable bonds is 5. The van der Waals surface area contributed by atoms with E-state index in [2.05, 4.69) is 26.9 Å². The van der Waals surface area contributed by atoms with Gasteiger partial charge in [0.2, 0.25) is 0 Å². The van der Waals surface area contributed by atoms with Crippen LogP contribution in [0.4, 0.5) is 4.79 Å². The van der Waals surface area contributed by atoms with E-state index in [0.29, 0.717) is 24.2 Å². The third-order valence-electron chi connectivity index (χ3n) is 3.13. The van der Waals surface area contributed by atoms with Gasteiger partial charge in [0.1, 0.15) is 12.3 Å². The molecule has 0 bridgehead atoms. The second kappa shape index (κ2) is 9.73. The summed E-state index contributed by atoms with van der Waals surface area (Å²) in [5.74, 6) is 5.28. The van der Waals surface area contributed by atoms with Crippen LogP contribution in [0.3, 0.4) is 0 Å². The number of methoxy groups -OCH3 is 1. The highest BCUT2D eigenvalue weighted by atomic mass is 16.5. The Hall–Kier alpha value is -3.33. The summed E-state index contributed by atoms with van der Waals surface area (Å²) in [4.78, 5) is 27.0. The van der Waals surface area contributed by atoms with Crippen LogP contribution in [0.25, 0.3) is 0 Å². The first-order valence-corrected chi connectivity index (χ1v) is 7.67. The molecule has 0 unspecified atom stereocenters. The number of pyridine rings is 1. The molecule has 1 N–H and O–H groups in total. The minimum Gasteiger partial charge on any atom is -0.465 e. The summed E-state index contributed by atoms with van der Waals surface area (Å²) in [5.41, 5.74) is 1.79. The predicted molar refractivity (Wildman–Crippen MR) is 91.7 cm³/mol. The molecule has 0 radical (unpaired) electrons. The molecule has 128 valence electrons. The van der Waals surface area contributed by atoms with Gasteiger partial charge in [-0.25, -0.2) is 14.6 Å². The summed E-state index contributed by atoms with van der Waals surface area (Å²) in [6.07, 6.45) is 1.44. The summed E-state index contributed by atoms with van der Waals surface area (Å²) in [6, 6.07) is 12.5. The van der Waals surface area contributed by atoms with Crippen molar-refractivity contribution in [3.8, 4) is 11.8 Å². The molecule has 0 spiro atoms. The molecule has 0 saturated carbocycles. The van der Waals surface area contributed by atoms with Crippen molar-refractivity contribution in [1.82, 2.24) is 10.3 Å². The van der Waals surface area contributed by atoms with Crippen molar-refractivity contribution in [2.24, 2.45) is 0 Å². The van der Waals surface area contributed by atoms with E-state index >= 15 is 0 Å². The second-order valence-corrected chi connectivity index (χ2v) is 4.96. The van der Waals surface area contributed by atoms with E-state index in [-0.39, 0.29) is 6.61 Å². The number of hydrogen-bond donors (Lipinski definition) is 1.